The molecule has 1 N–H and O–H groups in total. The Hall–Kier alpha value is -1.71. The topological polar surface area (TPSA) is 52.9 Å². The van der Waals surface area contributed by atoms with Crippen molar-refractivity contribution >= 4 is 43.5 Å². The number of rotatable bonds is 2. The van der Waals surface area contributed by atoms with E-state index in [2.05, 4.69) is 37.0 Å². The lowest BCUT2D eigenvalue weighted by atomic mass is 10.0. The van der Waals surface area contributed by atoms with E-state index >= 15 is 0 Å². The molecular weight excluding hydrogens is 481 g/mol. The third kappa shape index (κ3) is 3.43. The van der Waals surface area contributed by atoms with Gasteiger partial charge >= 0.3 is 6.18 Å². The second-order valence-electron chi connectivity index (χ2n) is 5.67. The number of benzene rings is 2. The second kappa shape index (κ2) is 6.79. The van der Waals surface area contributed by atoms with Gasteiger partial charge in [-0.25, -0.2) is 0 Å². The molecule has 26 heavy (non-hydrogen) atoms. The Balaban J connectivity index is 2.05. The number of carbonyl (C=O) groups excluding carboxylic acids is 1. The monoisotopic (exact) mass is 490 g/mol. The Morgan fingerprint density at radius 3 is 2.35 bits per heavy atom. The molecule has 0 aliphatic carbocycles. The first-order valence-corrected chi connectivity index (χ1v) is 8.93. The lowest BCUT2D eigenvalue weighted by molar-refractivity contribution is -0.297. The van der Waals surface area contributed by atoms with Crippen LogP contribution in [-0.4, -0.2) is 33.6 Å². The Kier molecular flexibility index (Phi) is 4.98. The summed E-state index contributed by atoms with van der Waals surface area (Å²) in [4.78, 5) is 12.6. The molecule has 2 aromatic rings. The quantitative estimate of drug-likeness (QED) is 0.661. The first-order chi connectivity index (χ1) is 12.1. The average Bonchev–Trinajstić information content (AvgIpc) is 2.94. The van der Waals surface area contributed by atoms with Gasteiger partial charge in [0.2, 0.25) is 0 Å². The zero-order valence-electron chi connectivity index (χ0n) is 13.0. The normalized spacial score (nSPS) is 20.2. The third-order valence-corrected chi connectivity index (χ3v) is 4.90. The summed E-state index contributed by atoms with van der Waals surface area (Å²) in [7, 11) is 0. The van der Waals surface area contributed by atoms with E-state index in [9.17, 15) is 23.1 Å². The number of hydrogen-bond donors (Lipinski definition) is 1. The van der Waals surface area contributed by atoms with E-state index in [-0.39, 0.29) is 16.3 Å². The molecule has 136 valence electrons. The number of hydrogen-bond acceptors (Lipinski definition) is 3. The molecule has 0 saturated carbocycles. The highest BCUT2D eigenvalue weighted by molar-refractivity contribution is 9.10. The summed E-state index contributed by atoms with van der Waals surface area (Å²) in [5, 5.41) is 14.3. The van der Waals surface area contributed by atoms with Gasteiger partial charge in [-0.15, -0.1) is 0 Å². The maximum atomic E-state index is 13.6. The van der Waals surface area contributed by atoms with Crippen LogP contribution >= 0.6 is 31.9 Å². The zero-order chi connectivity index (χ0) is 19.1. The Morgan fingerprint density at radius 2 is 1.77 bits per heavy atom. The van der Waals surface area contributed by atoms with E-state index in [4.69, 9.17) is 0 Å². The van der Waals surface area contributed by atoms with Gasteiger partial charge in [0.25, 0.3) is 11.6 Å². The summed E-state index contributed by atoms with van der Waals surface area (Å²) in [5.41, 5.74) is -3.07. The molecule has 2 aromatic carbocycles. The summed E-state index contributed by atoms with van der Waals surface area (Å²) in [6.07, 6.45) is -5.92. The van der Waals surface area contributed by atoms with Crippen molar-refractivity contribution in [3.63, 3.8) is 0 Å². The van der Waals surface area contributed by atoms with Crippen molar-refractivity contribution in [2.75, 3.05) is 0 Å². The van der Waals surface area contributed by atoms with E-state index in [1.807, 2.05) is 0 Å². The van der Waals surface area contributed by atoms with E-state index in [1.165, 1.54) is 18.2 Å². The van der Waals surface area contributed by atoms with Gasteiger partial charge in [-0.05, 0) is 35.9 Å². The van der Waals surface area contributed by atoms with Gasteiger partial charge in [0.1, 0.15) is 0 Å². The van der Waals surface area contributed by atoms with Crippen LogP contribution in [0.5, 0.6) is 0 Å². The Labute approximate surface area is 163 Å². The number of halogens is 5. The van der Waals surface area contributed by atoms with Crippen molar-refractivity contribution in [3.05, 3.63) is 68.6 Å². The van der Waals surface area contributed by atoms with Crippen LogP contribution < -0.4 is 0 Å². The summed E-state index contributed by atoms with van der Waals surface area (Å²) < 4.78 is 42.0. The van der Waals surface area contributed by atoms with Gasteiger partial charge in [0, 0.05) is 14.5 Å². The molecule has 1 amide bonds. The summed E-state index contributed by atoms with van der Waals surface area (Å²) >= 11 is 6.41. The fraction of sp³-hybridized carbons (Fsp3) is 0.176. The van der Waals surface area contributed by atoms with E-state index < -0.39 is 24.2 Å². The largest absolute Gasteiger partial charge is 0.438 e. The van der Waals surface area contributed by atoms with E-state index in [0.29, 0.717) is 10.0 Å². The molecule has 1 heterocycles. The maximum absolute atomic E-state index is 13.6. The van der Waals surface area contributed by atoms with Crippen LogP contribution in [0.15, 0.2) is 62.6 Å². The molecule has 0 aromatic heterocycles. The smallest absolute Gasteiger partial charge is 0.362 e. The van der Waals surface area contributed by atoms with Crippen LogP contribution in [0.2, 0.25) is 0 Å². The van der Waals surface area contributed by atoms with Crippen LogP contribution in [0.4, 0.5) is 13.2 Å². The zero-order valence-corrected chi connectivity index (χ0v) is 16.1. The maximum Gasteiger partial charge on any atom is 0.438 e. The van der Waals surface area contributed by atoms with E-state index in [1.54, 1.807) is 30.3 Å². The minimum atomic E-state index is -5.07. The molecule has 1 aliphatic rings. The number of amides is 1. The summed E-state index contributed by atoms with van der Waals surface area (Å²) in [6, 6.07) is 12.3. The van der Waals surface area contributed by atoms with Crippen molar-refractivity contribution in [2.45, 2.75) is 18.3 Å². The van der Waals surface area contributed by atoms with Crippen LogP contribution in [0.3, 0.4) is 0 Å². The van der Waals surface area contributed by atoms with Gasteiger partial charge in [0.05, 0.1) is 12.1 Å². The number of nitrogens with zero attached hydrogens (tertiary/aromatic N) is 2. The SMILES string of the molecule is O=C(c1cccc(Br)c1)N1N=C(c2ccc(Br)cc2)C[C@@]1(O)C(F)(F)F. The molecule has 0 fully saturated rings. The molecule has 0 spiro atoms. The minimum Gasteiger partial charge on any atom is -0.362 e. The fourth-order valence-corrected chi connectivity index (χ4v) is 3.19. The number of alkyl halides is 3. The molecule has 1 aliphatic heterocycles. The lowest BCUT2D eigenvalue weighted by Crippen LogP contribution is -2.56. The predicted octanol–water partition coefficient (Wildman–Crippen LogP) is 4.71. The standard InChI is InChI=1S/C17H11Br2F3N2O2/c18-12-6-4-10(5-7-12)14-9-16(26,17(20,21)22)24(23-14)15(25)11-2-1-3-13(19)8-11/h1-8,26H,9H2/t16-/m1/s1. The van der Waals surface area contributed by atoms with Gasteiger partial charge in [-0.3, -0.25) is 4.79 Å². The highest BCUT2D eigenvalue weighted by Gasteiger charge is 2.63. The number of aliphatic hydroxyl groups is 1. The average molecular weight is 492 g/mol. The van der Waals surface area contributed by atoms with Gasteiger partial charge in [0.15, 0.2) is 0 Å². The highest BCUT2D eigenvalue weighted by atomic mass is 79.9. The van der Waals surface area contributed by atoms with Crippen molar-refractivity contribution < 1.29 is 23.1 Å². The molecule has 3 rings (SSSR count). The molecule has 9 heteroatoms. The van der Waals surface area contributed by atoms with Crippen molar-refractivity contribution in [2.24, 2.45) is 5.10 Å². The van der Waals surface area contributed by atoms with E-state index in [0.717, 1.165) is 4.47 Å². The van der Waals surface area contributed by atoms with Crippen LogP contribution in [-0.2, 0) is 0 Å². The summed E-state index contributed by atoms with van der Waals surface area (Å²) in [6.45, 7) is 0. The van der Waals surface area contributed by atoms with Gasteiger partial charge in [-0.1, -0.05) is 50.1 Å². The molecule has 1 atom stereocenters. The molecule has 0 bridgehead atoms. The van der Waals surface area contributed by atoms with Crippen LogP contribution in [0, 0.1) is 0 Å². The van der Waals surface area contributed by atoms with Crippen LogP contribution in [0.1, 0.15) is 22.3 Å². The molecular formula is C17H11Br2F3N2O2. The predicted molar refractivity (Wildman–Crippen MR) is 96.6 cm³/mol. The van der Waals surface area contributed by atoms with Crippen molar-refractivity contribution in [3.8, 4) is 0 Å². The number of hydrazone groups is 1. The van der Waals surface area contributed by atoms with Crippen molar-refractivity contribution in [1.29, 1.82) is 0 Å². The Bertz CT molecular complexity index is 884. The van der Waals surface area contributed by atoms with Crippen molar-refractivity contribution in [1.82, 2.24) is 5.01 Å². The number of carbonyl (C=O) groups is 1. The minimum absolute atomic E-state index is 0.0251. The summed E-state index contributed by atoms with van der Waals surface area (Å²) in [5.74, 6) is -1.04. The first kappa shape index (κ1) is 19.1. The molecule has 0 saturated heterocycles. The fourth-order valence-electron chi connectivity index (χ4n) is 2.53. The highest BCUT2D eigenvalue weighted by Crippen LogP contribution is 2.42. The van der Waals surface area contributed by atoms with Crippen LogP contribution in [0.25, 0.3) is 0 Å². The molecule has 0 radical (unpaired) electrons. The van der Waals surface area contributed by atoms with Gasteiger partial charge in [-0.2, -0.15) is 23.3 Å². The second-order valence-corrected chi connectivity index (χ2v) is 7.50. The lowest BCUT2D eigenvalue weighted by Gasteiger charge is -2.32. The molecule has 0 unspecified atom stereocenters. The molecule has 4 nitrogen and oxygen atoms in total. The van der Waals surface area contributed by atoms with Gasteiger partial charge < -0.3 is 5.11 Å². The third-order valence-electron chi connectivity index (χ3n) is 3.88. The first-order valence-electron chi connectivity index (χ1n) is 7.34. The Morgan fingerprint density at radius 1 is 1.12 bits per heavy atom.